The first-order valence-electron chi connectivity index (χ1n) is 7.48. The number of anilines is 1. The maximum atomic E-state index is 13.0. The topological polar surface area (TPSA) is 42.2 Å². The molecule has 0 bridgehead atoms. The molecule has 1 aliphatic heterocycles. The van der Waals surface area contributed by atoms with E-state index in [2.05, 4.69) is 9.97 Å². The van der Waals surface area contributed by atoms with Crippen molar-refractivity contribution in [1.29, 1.82) is 0 Å². The number of alkyl halides is 3. The summed E-state index contributed by atoms with van der Waals surface area (Å²) in [5, 5.41) is 0.843. The molecule has 3 aromatic rings. The van der Waals surface area contributed by atoms with E-state index in [1.54, 1.807) is 4.90 Å². The maximum absolute atomic E-state index is 13.0. The van der Waals surface area contributed by atoms with Crippen molar-refractivity contribution in [3.05, 3.63) is 30.6 Å². The number of piperidine rings is 1. The van der Waals surface area contributed by atoms with Crippen LogP contribution in [0.2, 0.25) is 0 Å². The molecule has 0 N–H and O–H groups in total. The Morgan fingerprint density at radius 3 is 2.83 bits per heavy atom. The molecular formula is C16H14F3N3O. The first-order valence-corrected chi connectivity index (χ1v) is 7.48. The van der Waals surface area contributed by atoms with Gasteiger partial charge in [0.15, 0.2) is 11.4 Å². The summed E-state index contributed by atoms with van der Waals surface area (Å²) in [6.45, 7) is 0.447. The van der Waals surface area contributed by atoms with Crippen molar-refractivity contribution >= 4 is 27.9 Å². The molecular weight excluding hydrogens is 307 g/mol. The first kappa shape index (κ1) is 14.3. The molecule has 1 fully saturated rings. The quantitative estimate of drug-likeness (QED) is 0.675. The number of benzene rings is 1. The van der Waals surface area contributed by atoms with Gasteiger partial charge in [-0.3, -0.25) is 0 Å². The standard InChI is InChI=1S/C16H14F3N3O/c17-16(18,19)10-4-3-7-22(8-10)15-14-13(20-9-21-15)11-5-1-2-6-12(11)23-14/h1-2,5-6,9-10H,3-4,7-8H2. The lowest BCUT2D eigenvalue weighted by Crippen LogP contribution is -2.42. The number of para-hydroxylation sites is 1. The highest BCUT2D eigenvalue weighted by Gasteiger charge is 2.42. The number of aromatic nitrogens is 2. The molecule has 1 atom stereocenters. The molecule has 3 heterocycles. The zero-order valence-electron chi connectivity index (χ0n) is 12.2. The van der Waals surface area contributed by atoms with Gasteiger partial charge in [0, 0.05) is 18.5 Å². The molecule has 0 aliphatic carbocycles. The van der Waals surface area contributed by atoms with Crippen LogP contribution in [0.4, 0.5) is 19.0 Å². The molecule has 1 aliphatic rings. The molecule has 1 saturated heterocycles. The van der Waals surface area contributed by atoms with Crippen molar-refractivity contribution in [3.8, 4) is 0 Å². The van der Waals surface area contributed by atoms with Gasteiger partial charge < -0.3 is 9.32 Å². The molecule has 120 valence electrons. The van der Waals surface area contributed by atoms with E-state index in [-0.39, 0.29) is 13.0 Å². The zero-order valence-corrected chi connectivity index (χ0v) is 12.2. The molecule has 1 unspecified atom stereocenters. The predicted octanol–water partition coefficient (Wildman–Crippen LogP) is 4.15. The van der Waals surface area contributed by atoms with Gasteiger partial charge in [-0.1, -0.05) is 12.1 Å². The van der Waals surface area contributed by atoms with Crippen LogP contribution in [0.1, 0.15) is 12.8 Å². The number of rotatable bonds is 1. The molecule has 0 saturated carbocycles. The molecule has 4 rings (SSSR count). The summed E-state index contributed by atoms with van der Waals surface area (Å²) in [4.78, 5) is 10.1. The lowest BCUT2D eigenvalue weighted by atomic mass is 9.97. The summed E-state index contributed by atoms with van der Waals surface area (Å²) in [6, 6.07) is 7.42. The lowest BCUT2D eigenvalue weighted by Gasteiger charge is -2.34. The summed E-state index contributed by atoms with van der Waals surface area (Å²) in [6.07, 6.45) is -2.15. The monoisotopic (exact) mass is 321 g/mol. The van der Waals surface area contributed by atoms with E-state index < -0.39 is 12.1 Å². The van der Waals surface area contributed by atoms with Crippen LogP contribution in [0.5, 0.6) is 0 Å². The smallest absolute Gasteiger partial charge is 0.393 e. The number of hydrogen-bond donors (Lipinski definition) is 0. The Labute approximate surface area is 129 Å². The van der Waals surface area contributed by atoms with Crippen molar-refractivity contribution in [3.63, 3.8) is 0 Å². The summed E-state index contributed by atoms with van der Waals surface area (Å²) in [7, 11) is 0. The van der Waals surface area contributed by atoms with Crippen molar-refractivity contribution in [2.45, 2.75) is 19.0 Å². The molecule has 0 amide bonds. The van der Waals surface area contributed by atoms with Crippen LogP contribution in [0, 0.1) is 5.92 Å². The average Bonchev–Trinajstić information content (AvgIpc) is 2.93. The van der Waals surface area contributed by atoms with E-state index in [0.29, 0.717) is 35.5 Å². The van der Waals surface area contributed by atoms with Crippen molar-refractivity contribution < 1.29 is 17.6 Å². The summed E-state index contributed by atoms with van der Waals surface area (Å²) < 4.78 is 44.9. The van der Waals surface area contributed by atoms with Gasteiger partial charge in [0.05, 0.1) is 5.92 Å². The predicted molar refractivity (Wildman–Crippen MR) is 80.3 cm³/mol. The van der Waals surface area contributed by atoms with Crippen LogP contribution in [0.25, 0.3) is 22.1 Å². The average molecular weight is 321 g/mol. The highest BCUT2D eigenvalue weighted by atomic mass is 19.4. The third kappa shape index (κ3) is 2.40. The van der Waals surface area contributed by atoms with Gasteiger partial charge in [0.25, 0.3) is 0 Å². The van der Waals surface area contributed by atoms with Gasteiger partial charge in [0.1, 0.15) is 17.4 Å². The van der Waals surface area contributed by atoms with E-state index in [1.165, 1.54) is 6.33 Å². The number of hydrogen-bond acceptors (Lipinski definition) is 4. The van der Waals surface area contributed by atoms with Crippen LogP contribution in [-0.4, -0.2) is 29.2 Å². The lowest BCUT2D eigenvalue weighted by molar-refractivity contribution is -0.176. The summed E-state index contributed by atoms with van der Waals surface area (Å²) >= 11 is 0. The Kier molecular flexibility index (Phi) is 3.18. The van der Waals surface area contributed by atoms with E-state index in [1.807, 2.05) is 24.3 Å². The molecule has 7 heteroatoms. The van der Waals surface area contributed by atoms with E-state index >= 15 is 0 Å². The Morgan fingerprint density at radius 2 is 2.00 bits per heavy atom. The highest BCUT2D eigenvalue weighted by molar-refractivity contribution is 6.05. The van der Waals surface area contributed by atoms with Gasteiger partial charge in [-0.25, -0.2) is 9.97 Å². The fourth-order valence-electron chi connectivity index (χ4n) is 3.17. The second-order valence-corrected chi connectivity index (χ2v) is 5.80. The minimum absolute atomic E-state index is 0.0906. The minimum atomic E-state index is -4.18. The SMILES string of the molecule is FC(F)(F)C1CCCN(c2ncnc3c2oc2ccccc23)C1. The molecule has 0 radical (unpaired) electrons. The Balaban J connectivity index is 1.79. The van der Waals surface area contributed by atoms with Crippen molar-refractivity contribution in [1.82, 2.24) is 9.97 Å². The van der Waals surface area contributed by atoms with Crippen LogP contribution in [0.3, 0.4) is 0 Å². The molecule has 0 spiro atoms. The summed E-state index contributed by atoms with van der Waals surface area (Å²) in [5.41, 5.74) is 1.75. The van der Waals surface area contributed by atoms with Gasteiger partial charge in [-0.2, -0.15) is 13.2 Å². The zero-order chi connectivity index (χ0) is 16.0. The molecule has 4 nitrogen and oxygen atoms in total. The Hall–Kier alpha value is -2.31. The molecule has 23 heavy (non-hydrogen) atoms. The second-order valence-electron chi connectivity index (χ2n) is 5.80. The minimum Gasteiger partial charge on any atom is -0.450 e. The third-order valence-corrected chi connectivity index (χ3v) is 4.32. The Morgan fingerprint density at radius 1 is 1.17 bits per heavy atom. The third-order valence-electron chi connectivity index (χ3n) is 4.32. The normalized spacial score (nSPS) is 19.6. The van der Waals surface area contributed by atoms with Gasteiger partial charge >= 0.3 is 6.18 Å². The largest absolute Gasteiger partial charge is 0.450 e. The summed E-state index contributed by atoms with van der Waals surface area (Å²) in [5.74, 6) is -0.884. The fraction of sp³-hybridized carbons (Fsp3) is 0.375. The van der Waals surface area contributed by atoms with Crippen LogP contribution in [0.15, 0.2) is 35.0 Å². The number of furan rings is 1. The van der Waals surface area contributed by atoms with Gasteiger partial charge in [-0.15, -0.1) is 0 Å². The van der Waals surface area contributed by atoms with Crippen molar-refractivity contribution in [2.24, 2.45) is 5.92 Å². The maximum Gasteiger partial charge on any atom is 0.393 e. The van der Waals surface area contributed by atoms with Crippen LogP contribution < -0.4 is 4.90 Å². The Bertz CT molecular complexity index is 859. The van der Waals surface area contributed by atoms with Crippen molar-refractivity contribution in [2.75, 3.05) is 18.0 Å². The van der Waals surface area contributed by atoms with Gasteiger partial charge in [0.2, 0.25) is 0 Å². The van der Waals surface area contributed by atoms with Crippen LogP contribution >= 0.6 is 0 Å². The second kappa shape index (κ2) is 5.11. The number of nitrogens with zero attached hydrogens (tertiary/aromatic N) is 3. The number of halogens is 3. The molecule has 2 aromatic heterocycles. The van der Waals surface area contributed by atoms with E-state index in [4.69, 9.17) is 4.42 Å². The highest BCUT2D eigenvalue weighted by Crippen LogP contribution is 2.37. The fourth-order valence-corrected chi connectivity index (χ4v) is 3.17. The van der Waals surface area contributed by atoms with Crippen LogP contribution in [-0.2, 0) is 0 Å². The van der Waals surface area contributed by atoms with E-state index in [0.717, 1.165) is 5.39 Å². The molecule has 1 aromatic carbocycles. The first-order chi connectivity index (χ1) is 11.0. The number of fused-ring (bicyclic) bond motifs is 3. The van der Waals surface area contributed by atoms with Gasteiger partial charge in [-0.05, 0) is 25.0 Å². The van der Waals surface area contributed by atoms with E-state index in [9.17, 15) is 13.2 Å².